The van der Waals surface area contributed by atoms with E-state index in [1.54, 1.807) is 25.7 Å². The van der Waals surface area contributed by atoms with Crippen molar-refractivity contribution in [3.8, 4) is 0 Å². The van der Waals surface area contributed by atoms with E-state index in [4.69, 9.17) is 0 Å². The van der Waals surface area contributed by atoms with Crippen LogP contribution in [-0.2, 0) is 14.4 Å². The molecule has 9 nitrogen and oxygen atoms in total. The SMILES string of the molecule is CNC(=O)[C@@H]1CC(C[C@@H]2C[C@H](SC3=C(C(=O)O)N4C(=O)[C@H]([C@@H](C)O)[C@H]4[C@H]3C)CN2)CN1. The standard InChI is InChI=1S/C21H32N4O5S/c1-9-16-15(10(2)26)20(28)25(16)17(21(29)30)18(9)31-13-6-12(23-8-13)4-11-5-14(24-7-11)19(27)22-3/h9-16,23-24,26H,4-8H2,1-3H3,(H,22,27)(H,29,30)/t9-,10-,11?,12-,13+,14+,15-,16-/m1/s1. The number of β-lactam (4-membered cyclic amide) rings is 1. The summed E-state index contributed by atoms with van der Waals surface area (Å²) in [7, 11) is 1.65. The summed E-state index contributed by atoms with van der Waals surface area (Å²) in [6.07, 6.45) is 1.95. The zero-order chi connectivity index (χ0) is 22.4. The molecule has 4 heterocycles. The van der Waals surface area contributed by atoms with Crippen molar-refractivity contribution in [3.05, 3.63) is 10.6 Å². The van der Waals surface area contributed by atoms with Crippen LogP contribution in [0.25, 0.3) is 0 Å². The van der Waals surface area contributed by atoms with E-state index in [1.807, 2.05) is 6.92 Å². The number of carbonyl (C=O) groups is 3. The zero-order valence-corrected chi connectivity index (χ0v) is 18.9. The van der Waals surface area contributed by atoms with Gasteiger partial charge in [0.2, 0.25) is 11.8 Å². The van der Waals surface area contributed by atoms with Crippen LogP contribution >= 0.6 is 11.8 Å². The number of aliphatic carboxylic acids is 1. The van der Waals surface area contributed by atoms with Gasteiger partial charge in [-0.05, 0) is 38.6 Å². The highest BCUT2D eigenvalue weighted by Gasteiger charge is 2.60. The normalized spacial score (nSPS) is 38.3. The molecule has 31 heavy (non-hydrogen) atoms. The van der Waals surface area contributed by atoms with E-state index < -0.39 is 18.0 Å². The highest BCUT2D eigenvalue weighted by molar-refractivity contribution is 8.03. The lowest BCUT2D eigenvalue weighted by Crippen LogP contribution is -2.63. The van der Waals surface area contributed by atoms with Crippen molar-refractivity contribution in [2.24, 2.45) is 17.8 Å². The number of carboxylic acids is 1. The van der Waals surface area contributed by atoms with Crippen LogP contribution in [0.1, 0.15) is 33.1 Å². The van der Waals surface area contributed by atoms with Gasteiger partial charge in [0.1, 0.15) is 5.70 Å². The molecule has 4 aliphatic heterocycles. The van der Waals surface area contributed by atoms with Crippen LogP contribution in [0.3, 0.4) is 0 Å². The van der Waals surface area contributed by atoms with Gasteiger partial charge in [-0.15, -0.1) is 11.8 Å². The third-order valence-electron chi connectivity index (χ3n) is 7.19. The van der Waals surface area contributed by atoms with Gasteiger partial charge in [0, 0.05) is 35.7 Å². The minimum atomic E-state index is -1.07. The van der Waals surface area contributed by atoms with Gasteiger partial charge in [-0.1, -0.05) is 6.92 Å². The van der Waals surface area contributed by atoms with E-state index in [2.05, 4.69) is 16.0 Å². The quantitative estimate of drug-likeness (QED) is 0.333. The van der Waals surface area contributed by atoms with Crippen molar-refractivity contribution in [3.63, 3.8) is 0 Å². The molecular formula is C21H32N4O5S. The topological polar surface area (TPSA) is 131 Å². The van der Waals surface area contributed by atoms with Crippen molar-refractivity contribution in [1.82, 2.24) is 20.9 Å². The maximum atomic E-state index is 12.5. The Bertz CT molecular complexity index is 803. The Morgan fingerprint density at radius 1 is 1.29 bits per heavy atom. The molecule has 0 aromatic carbocycles. The number of amides is 2. The van der Waals surface area contributed by atoms with Crippen molar-refractivity contribution in [2.45, 2.75) is 62.6 Å². The molecule has 0 aliphatic carbocycles. The number of nitrogens with one attached hydrogen (secondary N) is 3. The number of aliphatic hydroxyl groups excluding tert-OH is 1. The first-order chi connectivity index (χ1) is 14.7. The third-order valence-corrected chi connectivity index (χ3v) is 8.70. The number of aliphatic hydroxyl groups is 1. The van der Waals surface area contributed by atoms with Crippen LogP contribution in [0.4, 0.5) is 0 Å². The molecule has 4 rings (SSSR count). The first-order valence-electron chi connectivity index (χ1n) is 11.1. The van der Waals surface area contributed by atoms with Gasteiger partial charge in [-0.25, -0.2) is 4.79 Å². The molecule has 0 aromatic heterocycles. The lowest BCUT2D eigenvalue weighted by atomic mass is 9.79. The zero-order valence-electron chi connectivity index (χ0n) is 18.1. The molecule has 2 amide bonds. The minimum absolute atomic E-state index is 0.0355. The number of thioether (sulfide) groups is 1. The summed E-state index contributed by atoms with van der Waals surface area (Å²) in [5.74, 6) is -1.52. The molecule has 0 aromatic rings. The molecule has 4 aliphatic rings. The average Bonchev–Trinajstić information content (AvgIpc) is 3.41. The molecule has 8 atom stereocenters. The summed E-state index contributed by atoms with van der Waals surface area (Å²) in [5, 5.41) is 29.5. The summed E-state index contributed by atoms with van der Waals surface area (Å²) in [5.41, 5.74) is 0.0984. The predicted molar refractivity (Wildman–Crippen MR) is 116 cm³/mol. The van der Waals surface area contributed by atoms with E-state index in [9.17, 15) is 24.6 Å². The summed E-state index contributed by atoms with van der Waals surface area (Å²) in [6.45, 7) is 5.17. The number of hydrogen-bond acceptors (Lipinski definition) is 7. The number of carbonyl (C=O) groups excluding carboxylic acids is 2. The van der Waals surface area contributed by atoms with Gasteiger partial charge in [0.25, 0.3) is 0 Å². The second-order valence-corrected chi connectivity index (χ2v) is 10.6. The first-order valence-corrected chi connectivity index (χ1v) is 11.9. The van der Waals surface area contributed by atoms with E-state index in [-0.39, 0.29) is 40.8 Å². The fourth-order valence-corrected chi connectivity index (χ4v) is 7.19. The largest absolute Gasteiger partial charge is 0.477 e. The van der Waals surface area contributed by atoms with Crippen molar-refractivity contribution in [1.29, 1.82) is 0 Å². The summed E-state index contributed by atoms with van der Waals surface area (Å²) in [6, 6.07) is -0.0483. The number of nitrogens with zero attached hydrogens (tertiary/aromatic N) is 1. The first kappa shape index (κ1) is 22.6. The third kappa shape index (κ3) is 3.99. The highest BCUT2D eigenvalue weighted by Crippen LogP contribution is 2.51. The summed E-state index contributed by atoms with van der Waals surface area (Å²) in [4.78, 5) is 38.4. The predicted octanol–water partition coefficient (Wildman–Crippen LogP) is -0.282. The van der Waals surface area contributed by atoms with E-state index >= 15 is 0 Å². The number of likely N-dealkylation sites (N-methyl/N-ethyl adjacent to an activating group) is 1. The monoisotopic (exact) mass is 452 g/mol. The Hall–Kier alpha value is -1.62. The molecule has 10 heteroatoms. The molecule has 5 N–H and O–H groups in total. The molecule has 3 fully saturated rings. The van der Waals surface area contributed by atoms with Gasteiger partial charge < -0.3 is 31.1 Å². The molecule has 0 spiro atoms. The van der Waals surface area contributed by atoms with Crippen LogP contribution in [0.15, 0.2) is 10.6 Å². The molecule has 3 saturated heterocycles. The number of hydrogen-bond donors (Lipinski definition) is 5. The second kappa shape index (κ2) is 8.73. The van der Waals surface area contributed by atoms with Crippen molar-refractivity contribution >= 4 is 29.5 Å². The second-order valence-electron chi connectivity index (χ2n) is 9.27. The van der Waals surface area contributed by atoms with Crippen molar-refractivity contribution in [2.75, 3.05) is 20.1 Å². The Morgan fingerprint density at radius 3 is 2.68 bits per heavy atom. The van der Waals surface area contributed by atoms with E-state index in [0.29, 0.717) is 12.0 Å². The molecule has 0 bridgehead atoms. The van der Waals surface area contributed by atoms with Crippen LogP contribution in [0, 0.1) is 17.8 Å². The Labute approximate surface area is 186 Å². The fraction of sp³-hybridized carbons (Fsp3) is 0.762. The lowest BCUT2D eigenvalue weighted by molar-refractivity contribution is -0.163. The number of carboxylic acid groups (broad SMARTS) is 1. The van der Waals surface area contributed by atoms with Gasteiger partial charge in [-0.2, -0.15) is 0 Å². The molecule has 0 radical (unpaired) electrons. The van der Waals surface area contributed by atoms with Gasteiger partial charge in [0.05, 0.1) is 24.1 Å². The Kier molecular flexibility index (Phi) is 6.35. The maximum Gasteiger partial charge on any atom is 0.353 e. The number of rotatable bonds is 7. The highest BCUT2D eigenvalue weighted by atomic mass is 32.2. The van der Waals surface area contributed by atoms with E-state index in [0.717, 1.165) is 37.3 Å². The van der Waals surface area contributed by atoms with Crippen LogP contribution in [-0.4, -0.2) is 82.5 Å². The van der Waals surface area contributed by atoms with Crippen LogP contribution < -0.4 is 16.0 Å². The Balaban J connectivity index is 1.37. The minimum Gasteiger partial charge on any atom is -0.477 e. The van der Waals surface area contributed by atoms with Gasteiger partial charge in [0.15, 0.2) is 0 Å². The summed E-state index contributed by atoms with van der Waals surface area (Å²) >= 11 is 1.57. The smallest absolute Gasteiger partial charge is 0.353 e. The fourth-order valence-electron chi connectivity index (χ4n) is 5.67. The molecular weight excluding hydrogens is 420 g/mol. The molecule has 172 valence electrons. The van der Waals surface area contributed by atoms with Crippen LogP contribution in [0.2, 0.25) is 0 Å². The van der Waals surface area contributed by atoms with Crippen LogP contribution in [0.5, 0.6) is 0 Å². The maximum absolute atomic E-state index is 12.5. The molecule has 1 unspecified atom stereocenters. The van der Waals surface area contributed by atoms with E-state index in [1.165, 1.54) is 4.90 Å². The average molecular weight is 453 g/mol. The van der Waals surface area contributed by atoms with Gasteiger partial charge >= 0.3 is 5.97 Å². The lowest BCUT2D eigenvalue weighted by Gasteiger charge is -2.46. The number of fused-ring (bicyclic) bond motifs is 1. The molecule has 0 saturated carbocycles. The van der Waals surface area contributed by atoms with Crippen molar-refractivity contribution < 1.29 is 24.6 Å². The van der Waals surface area contributed by atoms with Gasteiger partial charge in [-0.3, -0.25) is 9.59 Å². The Morgan fingerprint density at radius 2 is 2.03 bits per heavy atom. The summed E-state index contributed by atoms with van der Waals surface area (Å²) < 4.78 is 0.